The van der Waals surface area contributed by atoms with Crippen molar-refractivity contribution in [3.05, 3.63) is 0 Å². The molecule has 0 N–H and O–H groups in total. The van der Waals surface area contributed by atoms with Gasteiger partial charge in [0.15, 0.2) is 0 Å². The van der Waals surface area contributed by atoms with Gasteiger partial charge < -0.3 is 0 Å². The second-order valence-electron chi connectivity index (χ2n) is 5.72. The second kappa shape index (κ2) is 8.01. The van der Waals surface area contributed by atoms with Crippen LogP contribution in [0.3, 0.4) is 0 Å². The van der Waals surface area contributed by atoms with Crippen molar-refractivity contribution in [3.8, 4) is 0 Å². The van der Waals surface area contributed by atoms with Gasteiger partial charge in [0.05, 0.1) is 0 Å². The van der Waals surface area contributed by atoms with Gasteiger partial charge in [0.1, 0.15) is 0 Å². The van der Waals surface area contributed by atoms with E-state index in [0.717, 1.165) is 26.1 Å². The molecule has 0 bridgehead atoms. The summed E-state index contributed by atoms with van der Waals surface area (Å²) in [4.78, 5) is 0. The molecule has 0 unspecified atom stereocenters. The second-order valence-corrected chi connectivity index (χ2v) is 17.7. The SMILES string of the molecule is CC[N](C)[Ta](=[N]C(C)(C)CC)([N](C)CC)[N](C)CC. The summed E-state index contributed by atoms with van der Waals surface area (Å²) >= 11 is -3.11. The zero-order valence-electron chi connectivity index (χ0n) is 14.6. The number of hydrogen-bond donors (Lipinski definition) is 0. The van der Waals surface area contributed by atoms with Gasteiger partial charge in [-0.3, -0.25) is 0 Å². The van der Waals surface area contributed by atoms with E-state index in [2.05, 4.69) is 72.6 Å². The molecule has 5 heteroatoms. The van der Waals surface area contributed by atoms with Gasteiger partial charge in [-0.25, -0.2) is 0 Å². The van der Waals surface area contributed by atoms with Gasteiger partial charge in [-0.2, -0.15) is 0 Å². The van der Waals surface area contributed by atoms with Crippen LogP contribution >= 0.6 is 0 Å². The Morgan fingerprint density at radius 2 is 1.11 bits per heavy atom. The molecule has 0 radical (unpaired) electrons. The molecule has 0 aliphatic heterocycles. The van der Waals surface area contributed by atoms with Gasteiger partial charge in [0, 0.05) is 0 Å². The molecule has 0 spiro atoms. The topological polar surface area (TPSA) is 22.1 Å². The van der Waals surface area contributed by atoms with Crippen LogP contribution in [0.1, 0.15) is 48.0 Å². The zero-order chi connectivity index (χ0) is 15.3. The van der Waals surface area contributed by atoms with Gasteiger partial charge in [0.2, 0.25) is 0 Å². The van der Waals surface area contributed by atoms with E-state index in [1.807, 2.05) is 0 Å². The summed E-state index contributed by atoms with van der Waals surface area (Å²) in [5, 5.41) is 0. The molecule has 0 saturated carbocycles. The Bertz CT molecular complexity index is 281. The van der Waals surface area contributed by atoms with Gasteiger partial charge in [-0.1, -0.05) is 0 Å². The minimum atomic E-state index is -3.11. The minimum absolute atomic E-state index is 0.0642. The van der Waals surface area contributed by atoms with Gasteiger partial charge in [0.25, 0.3) is 0 Å². The average Bonchev–Trinajstić information content (AvgIpc) is 2.41. The maximum absolute atomic E-state index is 5.46. The first-order valence-corrected chi connectivity index (χ1v) is 13.2. The first-order valence-electron chi connectivity index (χ1n) is 7.50. The third kappa shape index (κ3) is 4.45. The summed E-state index contributed by atoms with van der Waals surface area (Å²) in [6.07, 6.45) is 1.10. The molecule has 0 atom stereocenters. The van der Waals surface area contributed by atoms with E-state index < -0.39 is 17.7 Å². The molecule has 0 aliphatic rings. The fourth-order valence-electron chi connectivity index (χ4n) is 2.01. The summed E-state index contributed by atoms with van der Waals surface area (Å²) in [5.74, 6) is 0. The molecule has 0 amide bonds. The molecular weight excluding hydrogens is 405 g/mol. The van der Waals surface area contributed by atoms with Gasteiger partial charge >= 0.3 is 125 Å². The van der Waals surface area contributed by atoms with E-state index in [1.54, 1.807) is 0 Å². The average molecular weight is 440 g/mol. The molecule has 4 nitrogen and oxygen atoms in total. The quantitative estimate of drug-likeness (QED) is 0.579. The van der Waals surface area contributed by atoms with Gasteiger partial charge in [-0.05, 0) is 0 Å². The molecule has 0 aromatic carbocycles. The fraction of sp³-hybridized carbons (Fsp3) is 1.00. The van der Waals surface area contributed by atoms with E-state index >= 15 is 0 Å². The monoisotopic (exact) mass is 440 g/mol. The van der Waals surface area contributed by atoms with Crippen LogP contribution in [0.4, 0.5) is 0 Å². The molecule has 0 rings (SSSR count). The van der Waals surface area contributed by atoms with E-state index in [-0.39, 0.29) is 5.54 Å². The molecule has 0 heterocycles. The van der Waals surface area contributed by atoms with E-state index in [9.17, 15) is 0 Å². The Labute approximate surface area is 125 Å². The number of rotatable bonds is 8. The van der Waals surface area contributed by atoms with Crippen molar-refractivity contribution in [1.82, 2.24) is 9.91 Å². The van der Waals surface area contributed by atoms with Crippen LogP contribution < -0.4 is 0 Å². The van der Waals surface area contributed by atoms with Crippen molar-refractivity contribution in [2.24, 2.45) is 3.34 Å². The summed E-state index contributed by atoms with van der Waals surface area (Å²) < 4.78 is 13.1. The van der Waals surface area contributed by atoms with Crippen molar-refractivity contribution in [3.63, 3.8) is 0 Å². The fourth-order valence-corrected chi connectivity index (χ4v) is 16.5. The maximum atomic E-state index is 5.46. The van der Waals surface area contributed by atoms with Crippen LogP contribution in [0.2, 0.25) is 0 Å². The van der Waals surface area contributed by atoms with Crippen LogP contribution in [0.5, 0.6) is 0 Å². The third-order valence-electron chi connectivity index (χ3n) is 4.02. The Hall–Kier alpha value is 0.420. The van der Waals surface area contributed by atoms with Crippen LogP contribution in [-0.2, 0) is 17.7 Å². The number of hydrogen-bond acceptors (Lipinski definition) is 1. The van der Waals surface area contributed by atoms with E-state index in [4.69, 9.17) is 3.34 Å². The van der Waals surface area contributed by atoms with E-state index in [0.29, 0.717) is 0 Å². The van der Waals surface area contributed by atoms with Crippen LogP contribution in [0.15, 0.2) is 3.34 Å². The van der Waals surface area contributed by atoms with Crippen molar-refractivity contribution < 1.29 is 17.7 Å². The Morgan fingerprint density at radius 1 is 0.789 bits per heavy atom. The normalized spacial score (nSPS) is 13.7. The molecule has 0 aromatic rings. The number of nitrogens with zero attached hydrogens (tertiary/aromatic N) is 4. The summed E-state index contributed by atoms with van der Waals surface area (Å²) in [7, 11) is 6.77. The molecule has 0 aliphatic carbocycles. The first kappa shape index (κ1) is 19.4. The standard InChI is InChI=1S/C5H11N.3C3H8N.Ta/c1-4-5(2,3)6;3*1-3-4-2;/h4H2,1-3H3;3*3H2,1-2H3;/q;3*-1;+3. The predicted molar refractivity (Wildman–Crippen MR) is 81.7 cm³/mol. The first-order chi connectivity index (χ1) is 8.71. The Balaban J connectivity index is 6.05. The molecule has 19 heavy (non-hydrogen) atoms. The van der Waals surface area contributed by atoms with Crippen molar-refractivity contribution >= 4 is 0 Å². The van der Waals surface area contributed by atoms with Crippen LogP contribution in [-0.4, -0.2) is 56.2 Å². The Kier molecular flexibility index (Phi) is 8.19. The van der Waals surface area contributed by atoms with Gasteiger partial charge in [-0.15, -0.1) is 0 Å². The Morgan fingerprint density at radius 3 is 1.32 bits per heavy atom. The molecule has 116 valence electrons. The van der Waals surface area contributed by atoms with Crippen molar-refractivity contribution in [2.45, 2.75) is 53.5 Å². The van der Waals surface area contributed by atoms with E-state index in [1.165, 1.54) is 0 Å². The van der Waals surface area contributed by atoms with Crippen molar-refractivity contribution in [2.75, 3.05) is 40.8 Å². The third-order valence-corrected chi connectivity index (χ3v) is 19.8. The summed E-state index contributed by atoms with van der Waals surface area (Å²) in [6.45, 7) is 16.7. The molecule has 0 saturated heterocycles. The molecule has 0 aromatic heterocycles. The summed E-state index contributed by atoms with van der Waals surface area (Å²) in [5.41, 5.74) is 0.0642. The molecule has 0 fully saturated rings. The predicted octanol–water partition coefficient (Wildman–Crippen LogP) is 3.11. The summed E-state index contributed by atoms with van der Waals surface area (Å²) in [6, 6.07) is 0. The zero-order valence-corrected chi connectivity index (χ0v) is 17.8. The molecular formula is C14H35N4Ta. The van der Waals surface area contributed by atoms with Crippen LogP contribution in [0.25, 0.3) is 0 Å². The van der Waals surface area contributed by atoms with Crippen LogP contribution in [0, 0.1) is 0 Å². The van der Waals surface area contributed by atoms with Crippen molar-refractivity contribution in [1.29, 1.82) is 0 Å².